The van der Waals surface area contributed by atoms with Gasteiger partial charge in [0.25, 0.3) is 0 Å². The molecule has 1 aromatic rings. The normalized spacial score (nSPS) is 10.1. The predicted octanol–water partition coefficient (Wildman–Crippen LogP) is 3.13. The van der Waals surface area contributed by atoms with Gasteiger partial charge < -0.3 is 0 Å². The zero-order chi connectivity index (χ0) is 8.27. The maximum Gasteiger partial charge on any atom is -0.0238 e. The summed E-state index contributed by atoms with van der Waals surface area (Å²) >= 11 is 0. The first-order valence-corrected chi connectivity index (χ1v) is 4.15. The fraction of sp³-hybridized carbons (Fsp3) is 0.364. The van der Waals surface area contributed by atoms with Crippen LogP contribution in [0, 0.1) is 13.8 Å². The van der Waals surface area contributed by atoms with Crippen molar-refractivity contribution in [2.24, 2.45) is 0 Å². The second kappa shape index (κ2) is 3.56. The van der Waals surface area contributed by atoms with Crippen LogP contribution in [0.5, 0.6) is 0 Å². The molecular formula is C11H15. The van der Waals surface area contributed by atoms with Gasteiger partial charge in [-0.2, -0.15) is 0 Å². The predicted molar refractivity (Wildman–Crippen MR) is 49.6 cm³/mol. The highest BCUT2D eigenvalue weighted by Crippen LogP contribution is 2.11. The summed E-state index contributed by atoms with van der Waals surface area (Å²) in [6, 6.07) is 6.41. The average Bonchev–Trinajstić information content (AvgIpc) is 1.95. The standard InChI is InChI=1S/C11H15/c1-4-5-11-7-6-9(2)8-10(11)3/h6-8H,2,4-5H2,1,3H3. The molecule has 1 rings (SSSR count). The molecule has 0 bridgehead atoms. The zero-order valence-electron chi connectivity index (χ0n) is 7.35. The van der Waals surface area contributed by atoms with Crippen LogP contribution >= 0.6 is 0 Å². The second-order valence-electron chi connectivity index (χ2n) is 3.01. The molecule has 0 spiro atoms. The minimum absolute atomic E-state index is 1.11. The van der Waals surface area contributed by atoms with E-state index in [1.165, 1.54) is 24.0 Å². The highest BCUT2D eigenvalue weighted by Gasteiger charge is 1.95. The number of aryl methyl sites for hydroxylation is 2. The largest absolute Gasteiger partial charge is 0.0651 e. The first-order chi connectivity index (χ1) is 5.24. The lowest BCUT2D eigenvalue weighted by Gasteiger charge is -2.03. The Morgan fingerprint density at radius 3 is 2.64 bits per heavy atom. The molecule has 1 aromatic carbocycles. The van der Waals surface area contributed by atoms with E-state index in [2.05, 4.69) is 39.0 Å². The smallest absolute Gasteiger partial charge is 0.0238 e. The van der Waals surface area contributed by atoms with Crippen LogP contribution in [0.3, 0.4) is 0 Å². The van der Waals surface area contributed by atoms with Crippen LogP contribution in [0.4, 0.5) is 0 Å². The summed E-state index contributed by atoms with van der Waals surface area (Å²) < 4.78 is 0. The summed E-state index contributed by atoms with van der Waals surface area (Å²) in [4.78, 5) is 0. The molecule has 0 nitrogen and oxygen atoms in total. The van der Waals surface area contributed by atoms with E-state index in [0.717, 1.165) is 5.56 Å². The van der Waals surface area contributed by atoms with Gasteiger partial charge in [-0.05, 0) is 37.0 Å². The minimum atomic E-state index is 1.11. The van der Waals surface area contributed by atoms with Crippen LogP contribution in [0.15, 0.2) is 18.2 Å². The SMILES string of the molecule is [CH2]c1ccc(CCC)c(C)c1. The molecule has 0 atom stereocenters. The molecular weight excluding hydrogens is 132 g/mol. The Bertz CT molecular complexity index is 236. The number of hydrogen-bond donors (Lipinski definition) is 0. The van der Waals surface area contributed by atoms with Gasteiger partial charge in [-0.3, -0.25) is 0 Å². The number of benzene rings is 1. The van der Waals surface area contributed by atoms with Gasteiger partial charge in [0.15, 0.2) is 0 Å². The molecule has 0 amide bonds. The molecule has 0 unspecified atom stereocenters. The Kier molecular flexibility index (Phi) is 2.70. The molecule has 11 heavy (non-hydrogen) atoms. The van der Waals surface area contributed by atoms with Crippen LogP contribution in [-0.2, 0) is 6.42 Å². The summed E-state index contributed by atoms with van der Waals surface area (Å²) in [5, 5.41) is 0. The summed E-state index contributed by atoms with van der Waals surface area (Å²) in [5.41, 5.74) is 3.95. The first kappa shape index (κ1) is 8.32. The van der Waals surface area contributed by atoms with Crippen molar-refractivity contribution in [3.63, 3.8) is 0 Å². The maximum absolute atomic E-state index is 3.88. The van der Waals surface area contributed by atoms with Gasteiger partial charge in [-0.15, -0.1) is 0 Å². The van der Waals surface area contributed by atoms with E-state index in [0.29, 0.717) is 0 Å². The van der Waals surface area contributed by atoms with Gasteiger partial charge in [0.05, 0.1) is 0 Å². The number of hydrogen-bond acceptors (Lipinski definition) is 0. The molecule has 0 saturated carbocycles. The fourth-order valence-corrected chi connectivity index (χ4v) is 1.31. The lowest BCUT2D eigenvalue weighted by Crippen LogP contribution is -1.88. The molecule has 0 aliphatic heterocycles. The van der Waals surface area contributed by atoms with Crippen molar-refractivity contribution in [2.75, 3.05) is 0 Å². The Balaban J connectivity index is 2.90. The summed E-state index contributed by atoms with van der Waals surface area (Å²) in [5.74, 6) is 0. The van der Waals surface area contributed by atoms with Crippen molar-refractivity contribution in [2.45, 2.75) is 26.7 Å². The number of rotatable bonds is 2. The third kappa shape index (κ3) is 2.07. The quantitative estimate of drug-likeness (QED) is 0.603. The third-order valence-corrected chi connectivity index (χ3v) is 1.93. The van der Waals surface area contributed by atoms with Crippen molar-refractivity contribution in [1.29, 1.82) is 0 Å². The second-order valence-corrected chi connectivity index (χ2v) is 3.01. The topological polar surface area (TPSA) is 0 Å². The van der Waals surface area contributed by atoms with Crippen molar-refractivity contribution in [3.05, 3.63) is 41.8 Å². The Morgan fingerprint density at radius 1 is 1.36 bits per heavy atom. The van der Waals surface area contributed by atoms with Crippen molar-refractivity contribution < 1.29 is 0 Å². The highest BCUT2D eigenvalue weighted by molar-refractivity contribution is 5.32. The fourth-order valence-electron chi connectivity index (χ4n) is 1.31. The monoisotopic (exact) mass is 147 g/mol. The van der Waals surface area contributed by atoms with E-state index >= 15 is 0 Å². The molecule has 0 heterocycles. The van der Waals surface area contributed by atoms with E-state index in [1.807, 2.05) is 0 Å². The van der Waals surface area contributed by atoms with Crippen molar-refractivity contribution >= 4 is 0 Å². The summed E-state index contributed by atoms with van der Waals surface area (Å²) in [6.07, 6.45) is 2.41. The van der Waals surface area contributed by atoms with Gasteiger partial charge in [0, 0.05) is 0 Å². The van der Waals surface area contributed by atoms with Crippen molar-refractivity contribution in [1.82, 2.24) is 0 Å². The molecule has 1 radical (unpaired) electrons. The van der Waals surface area contributed by atoms with E-state index in [1.54, 1.807) is 0 Å². The molecule has 0 aliphatic carbocycles. The Hall–Kier alpha value is -0.780. The summed E-state index contributed by atoms with van der Waals surface area (Å²) in [6.45, 7) is 8.24. The van der Waals surface area contributed by atoms with Gasteiger partial charge in [-0.1, -0.05) is 31.5 Å². The molecule has 0 N–H and O–H groups in total. The molecule has 0 heteroatoms. The van der Waals surface area contributed by atoms with Crippen LogP contribution in [0.25, 0.3) is 0 Å². The Morgan fingerprint density at radius 2 is 2.09 bits per heavy atom. The molecule has 0 saturated heterocycles. The zero-order valence-corrected chi connectivity index (χ0v) is 7.35. The van der Waals surface area contributed by atoms with Gasteiger partial charge in [0.1, 0.15) is 0 Å². The first-order valence-electron chi connectivity index (χ1n) is 4.15. The van der Waals surface area contributed by atoms with Crippen LogP contribution in [-0.4, -0.2) is 0 Å². The molecule has 0 aliphatic rings. The van der Waals surface area contributed by atoms with Crippen LogP contribution in [0.2, 0.25) is 0 Å². The third-order valence-electron chi connectivity index (χ3n) is 1.93. The van der Waals surface area contributed by atoms with E-state index in [9.17, 15) is 0 Å². The minimum Gasteiger partial charge on any atom is -0.0651 e. The lowest BCUT2D eigenvalue weighted by molar-refractivity contribution is 0.912. The van der Waals surface area contributed by atoms with E-state index < -0.39 is 0 Å². The lowest BCUT2D eigenvalue weighted by atomic mass is 10.0. The summed E-state index contributed by atoms with van der Waals surface area (Å²) in [7, 11) is 0. The van der Waals surface area contributed by atoms with E-state index in [-0.39, 0.29) is 0 Å². The van der Waals surface area contributed by atoms with Gasteiger partial charge in [0.2, 0.25) is 0 Å². The average molecular weight is 147 g/mol. The highest BCUT2D eigenvalue weighted by atomic mass is 14.0. The molecule has 59 valence electrons. The maximum atomic E-state index is 3.88. The molecule has 0 fully saturated rings. The van der Waals surface area contributed by atoms with Crippen LogP contribution in [0.1, 0.15) is 30.0 Å². The van der Waals surface area contributed by atoms with Gasteiger partial charge in [-0.25, -0.2) is 0 Å². The Labute approximate surface area is 69.3 Å². The molecule has 0 aromatic heterocycles. The van der Waals surface area contributed by atoms with Gasteiger partial charge >= 0.3 is 0 Å². The van der Waals surface area contributed by atoms with E-state index in [4.69, 9.17) is 0 Å². The van der Waals surface area contributed by atoms with Crippen molar-refractivity contribution in [3.8, 4) is 0 Å². The van der Waals surface area contributed by atoms with Crippen LogP contribution < -0.4 is 0 Å².